The van der Waals surface area contributed by atoms with Gasteiger partial charge in [-0.05, 0) is 26.2 Å². The van der Waals surface area contributed by atoms with Crippen LogP contribution in [0.15, 0.2) is 24.5 Å². The third kappa shape index (κ3) is 5.24. The van der Waals surface area contributed by atoms with Gasteiger partial charge in [0, 0.05) is 18.0 Å². The highest BCUT2D eigenvalue weighted by atomic mass is 16.1. The van der Waals surface area contributed by atoms with Gasteiger partial charge in [0.05, 0.1) is 0 Å². The van der Waals surface area contributed by atoms with E-state index < -0.39 is 0 Å². The van der Waals surface area contributed by atoms with E-state index in [1.165, 1.54) is 6.20 Å². The van der Waals surface area contributed by atoms with Crippen LogP contribution in [0.25, 0.3) is 0 Å². The largest absolute Gasteiger partial charge is 0.323 e. The highest BCUT2D eigenvalue weighted by molar-refractivity contribution is 5.73. The Balaban J connectivity index is 0.000000292. The molecular weight excluding hydrogens is 140 g/mol. The van der Waals surface area contributed by atoms with Gasteiger partial charge in [0.2, 0.25) is 0 Å². The van der Waals surface area contributed by atoms with Crippen molar-refractivity contribution in [2.24, 2.45) is 0 Å². The number of pyridine rings is 1. The second-order valence-corrected chi connectivity index (χ2v) is 1.90. The molecule has 0 unspecified atom stereocenters. The van der Waals surface area contributed by atoms with E-state index in [4.69, 9.17) is 0 Å². The Morgan fingerprint density at radius 3 is 2.45 bits per heavy atom. The van der Waals surface area contributed by atoms with Crippen molar-refractivity contribution >= 4 is 6.29 Å². The summed E-state index contributed by atoms with van der Waals surface area (Å²) >= 11 is 0. The van der Waals surface area contributed by atoms with Crippen LogP contribution in [0.5, 0.6) is 0 Å². The van der Waals surface area contributed by atoms with Gasteiger partial charge in [-0.1, -0.05) is 0 Å². The lowest BCUT2D eigenvalue weighted by Gasteiger charge is -1.81. The highest BCUT2D eigenvalue weighted by Gasteiger charge is 1.81. The Morgan fingerprint density at radius 1 is 1.55 bits per heavy atom. The first-order chi connectivity index (χ1) is 5.35. The van der Waals surface area contributed by atoms with Crippen molar-refractivity contribution < 1.29 is 4.79 Å². The van der Waals surface area contributed by atoms with E-state index in [-0.39, 0.29) is 0 Å². The molecule has 0 saturated heterocycles. The summed E-state index contributed by atoms with van der Waals surface area (Å²) in [5.41, 5.74) is 0.618. The second kappa shape index (κ2) is 6.89. The van der Waals surface area contributed by atoms with Crippen LogP contribution in [0.3, 0.4) is 0 Å². The Bertz CT molecular complexity index is 187. The van der Waals surface area contributed by atoms with Gasteiger partial charge < -0.3 is 5.32 Å². The summed E-state index contributed by atoms with van der Waals surface area (Å²) in [5.74, 6) is 0. The molecule has 0 saturated carbocycles. The molecule has 0 aliphatic rings. The van der Waals surface area contributed by atoms with Crippen molar-refractivity contribution in [1.82, 2.24) is 10.3 Å². The maximum atomic E-state index is 9.97. The standard InChI is InChI=1S/C6H5NO.C2H7N/c8-5-6-2-1-3-7-4-6;1-3-2/h1-5H;3H,1-2H3. The molecule has 0 spiro atoms. The summed E-state index contributed by atoms with van der Waals surface area (Å²) in [6.45, 7) is 0. The van der Waals surface area contributed by atoms with Crippen molar-refractivity contribution in [3.63, 3.8) is 0 Å². The molecule has 0 amide bonds. The zero-order valence-electron chi connectivity index (χ0n) is 6.74. The Morgan fingerprint density at radius 2 is 2.18 bits per heavy atom. The molecule has 0 atom stereocenters. The summed E-state index contributed by atoms with van der Waals surface area (Å²) in [4.78, 5) is 13.7. The molecule has 1 heterocycles. The van der Waals surface area contributed by atoms with Gasteiger partial charge in [-0.3, -0.25) is 9.78 Å². The molecule has 3 heteroatoms. The van der Waals surface area contributed by atoms with Gasteiger partial charge in [0.15, 0.2) is 6.29 Å². The van der Waals surface area contributed by atoms with Gasteiger partial charge in [-0.25, -0.2) is 0 Å². The van der Waals surface area contributed by atoms with Gasteiger partial charge in [0.1, 0.15) is 0 Å². The van der Waals surface area contributed by atoms with E-state index in [1.54, 1.807) is 18.3 Å². The SMILES string of the molecule is CNC.O=Cc1cccnc1. The topological polar surface area (TPSA) is 42.0 Å². The summed E-state index contributed by atoms with van der Waals surface area (Å²) in [7, 11) is 3.75. The van der Waals surface area contributed by atoms with E-state index in [0.717, 1.165) is 6.29 Å². The van der Waals surface area contributed by atoms with Gasteiger partial charge in [-0.2, -0.15) is 0 Å². The molecule has 3 nitrogen and oxygen atoms in total. The van der Waals surface area contributed by atoms with Crippen LogP contribution in [0.2, 0.25) is 0 Å². The second-order valence-electron chi connectivity index (χ2n) is 1.90. The molecule has 0 aliphatic carbocycles. The number of aldehydes is 1. The first-order valence-corrected chi connectivity index (χ1v) is 3.28. The first kappa shape index (κ1) is 9.78. The lowest BCUT2D eigenvalue weighted by Crippen LogP contribution is -1.89. The van der Waals surface area contributed by atoms with Crippen LogP contribution in [0.4, 0.5) is 0 Å². The number of rotatable bonds is 1. The predicted molar refractivity (Wildman–Crippen MR) is 44.6 cm³/mol. The minimum atomic E-state index is 0.618. The number of carbonyl (C=O) groups excluding carboxylic acids is 1. The van der Waals surface area contributed by atoms with Crippen molar-refractivity contribution in [2.45, 2.75) is 0 Å². The zero-order chi connectivity index (χ0) is 8.53. The Labute approximate surface area is 66.5 Å². The number of nitrogens with zero attached hydrogens (tertiary/aromatic N) is 1. The maximum Gasteiger partial charge on any atom is 0.151 e. The first-order valence-electron chi connectivity index (χ1n) is 3.28. The van der Waals surface area contributed by atoms with Crippen molar-refractivity contribution in [1.29, 1.82) is 0 Å². The molecule has 0 radical (unpaired) electrons. The summed E-state index contributed by atoms with van der Waals surface area (Å²) in [6.07, 6.45) is 3.92. The molecule has 1 aromatic rings. The van der Waals surface area contributed by atoms with Crippen LogP contribution in [-0.4, -0.2) is 25.4 Å². The van der Waals surface area contributed by atoms with E-state index in [1.807, 2.05) is 14.1 Å². The third-order valence-corrected chi connectivity index (χ3v) is 0.820. The quantitative estimate of drug-likeness (QED) is 0.603. The van der Waals surface area contributed by atoms with E-state index in [2.05, 4.69) is 10.3 Å². The number of aromatic nitrogens is 1. The maximum absolute atomic E-state index is 9.97. The summed E-state index contributed by atoms with van der Waals surface area (Å²) in [5, 5.41) is 2.75. The molecular formula is C8H12N2O. The Hall–Kier alpha value is -1.22. The molecule has 0 aliphatic heterocycles. The van der Waals surface area contributed by atoms with Crippen molar-refractivity contribution in [2.75, 3.05) is 14.1 Å². The normalized spacial score (nSPS) is 7.82. The monoisotopic (exact) mass is 152 g/mol. The molecule has 0 bridgehead atoms. The number of nitrogens with one attached hydrogen (secondary N) is 1. The molecule has 1 aromatic heterocycles. The molecule has 11 heavy (non-hydrogen) atoms. The van der Waals surface area contributed by atoms with Crippen LogP contribution < -0.4 is 5.32 Å². The van der Waals surface area contributed by atoms with Gasteiger partial charge in [0.25, 0.3) is 0 Å². The minimum Gasteiger partial charge on any atom is -0.323 e. The number of hydrogen-bond acceptors (Lipinski definition) is 3. The van der Waals surface area contributed by atoms with E-state index in [9.17, 15) is 4.79 Å². The fourth-order valence-electron chi connectivity index (χ4n) is 0.446. The number of carbonyl (C=O) groups is 1. The predicted octanol–water partition coefficient (Wildman–Crippen LogP) is 0.730. The molecule has 1 N–H and O–H groups in total. The highest BCUT2D eigenvalue weighted by Crippen LogP contribution is 1.87. The van der Waals surface area contributed by atoms with E-state index >= 15 is 0 Å². The fraction of sp³-hybridized carbons (Fsp3) is 0.250. The lowest BCUT2D eigenvalue weighted by atomic mass is 10.3. The van der Waals surface area contributed by atoms with Crippen molar-refractivity contribution in [3.8, 4) is 0 Å². The zero-order valence-corrected chi connectivity index (χ0v) is 6.74. The fourth-order valence-corrected chi connectivity index (χ4v) is 0.446. The molecule has 0 fully saturated rings. The van der Waals surface area contributed by atoms with Crippen LogP contribution in [0, 0.1) is 0 Å². The minimum absolute atomic E-state index is 0.618. The van der Waals surface area contributed by atoms with Crippen molar-refractivity contribution in [3.05, 3.63) is 30.1 Å². The Kier molecular flexibility index (Phi) is 6.13. The molecule has 0 aromatic carbocycles. The van der Waals surface area contributed by atoms with Crippen LogP contribution in [-0.2, 0) is 0 Å². The average molecular weight is 152 g/mol. The summed E-state index contributed by atoms with van der Waals surface area (Å²) in [6, 6.07) is 3.43. The molecule has 60 valence electrons. The lowest BCUT2D eigenvalue weighted by molar-refractivity contribution is 0.112. The third-order valence-electron chi connectivity index (χ3n) is 0.820. The van der Waals surface area contributed by atoms with Gasteiger partial charge >= 0.3 is 0 Å². The molecule has 1 rings (SSSR count). The van der Waals surface area contributed by atoms with Gasteiger partial charge in [-0.15, -0.1) is 0 Å². The summed E-state index contributed by atoms with van der Waals surface area (Å²) < 4.78 is 0. The smallest absolute Gasteiger partial charge is 0.151 e. The average Bonchev–Trinajstić information content (AvgIpc) is 2.08. The van der Waals surface area contributed by atoms with E-state index in [0.29, 0.717) is 5.56 Å². The van der Waals surface area contributed by atoms with Crippen LogP contribution in [0.1, 0.15) is 10.4 Å². The number of hydrogen-bond donors (Lipinski definition) is 1. The van der Waals surface area contributed by atoms with Crippen LogP contribution >= 0.6 is 0 Å².